The average Bonchev–Trinajstić information content (AvgIpc) is 2.63. The molecule has 0 amide bonds. The standard InChI is InChI=1S/C13H25NO2/c1-4-6-10-16-12(15)13(3)9-8-11(14-13)7-5-2/h11,14H,4-10H2,1-3H3. The van der Waals surface area contributed by atoms with Crippen LogP contribution in [0.5, 0.6) is 0 Å². The Morgan fingerprint density at radius 3 is 2.81 bits per heavy atom. The predicted octanol–water partition coefficient (Wildman–Crippen LogP) is 2.64. The van der Waals surface area contributed by atoms with Crippen molar-refractivity contribution < 1.29 is 9.53 Å². The van der Waals surface area contributed by atoms with Gasteiger partial charge < -0.3 is 4.74 Å². The third-order valence-corrected chi connectivity index (χ3v) is 3.33. The minimum absolute atomic E-state index is 0.0699. The minimum Gasteiger partial charge on any atom is -0.464 e. The molecule has 1 N–H and O–H groups in total. The lowest BCUT2D eigenvalue weighted by molar-refractivity contribution is -0.150. The van der Waals surface area contributed by atoms with Crippen LogP contribution < -0.4 is 5.32 Å². The maximum Gasteiger partial charge on any atom is 0.326 e. The molecule has 1 heterocycles. The summed E-state index contributed by atoms with van der Waals surface area (Å²) in [5, 5.41) is 3.42. The van der Waals surface area contributed by atoms with Crippen LogP contribution in [0.4, 0.5) is 0 Å². The van der Waals surface area contributed by atoms with Crippen molar-refractivity contribution in [3.63, 3.8) is 0 Å². The Balaban J connectivity index is 2.37. The van der Waals surface area contributed by atoms with Gasteiger partial charge in [-0.3, -0.25) is 10.1 Å². The number of esters is 1. The van der Waals surface area contributed by atoms with E-state index in [0.29, 0.717) is 12.6 Å². The van der Waals surface area contributed by atoms with Crippen molar-refractivity contribution in [2.45, 2.75) is 70.9 Å². The molecule has 0 aromatic rings. The fourth-order valence-corrected chi connectivity index (χ4v) is 2.25. The second kappa shape index (κ2) is 6.24. The van der Waals surface area contributed by atoms with Crippen LogP contribution in [-0.4, -0.2) is 24.2 Å². The number of rotatable bonds is 6. The van der Waals surface area contributed by atoms with E-state index in [9.17, 15) is 4.79 Å². The summed E-state index contributed by atoms with van der Waals surface area (Å²) in [7, 11) is 0. The molecule has 3 heteroatoms. The van der Waals surface area contributed by atoms with E-state index in [1.807, 2.05) is 6.92 Å². The molecule has 0 saturated carbocycles. The maximum absolute atomic E-state index is 11.9. The first-order chi connectivity index (χ1) is 7.62. The van der Waals surface area contributed by atoms with Crippen molar-refractivity contribution in [1.82, 2.24) is 5.32 Å². The number of carbonyl (C=O) groups excluding carboxylic acids is 1. The summed E-state index contributed by atoms with van der Waals surface area (Å²) >= 11 is 0. The molecular formula is C13H25NO2. The lowest BCUT2D eigenvalue weighted by atomic mass is 10.0. The number of ether oxygens (including phenoxy) is 1. The number of hydrogen-bond acceptors (Lipinski definition) is 3. The highest BCUT2D eigenvalue weighted by Crippen LogP contribution is 2.26. The maximum atomic E-state index is 11.9. The summed E-state index contributed by atoms with van der Waals surface area (Å²) in [6.07, 6.45) is 6.34. The van der Waals surface area contributed by atoms with Crippen molar-refractivity contribution in [2.75, 3.05) is 6.61 Å². The highest BCUT2D eigenvalue weighted by molar-refractivity contribution is 5.80. The number of hydrogen-bond donors (Lipinski definition) is 1. The molecule has 2 atom stereocenters. The molecule has 16 heavy (non-hydrogen) atoms. The van der Waals surface area contributed by atoms with Crippen LogP contribution in [0.15, 0.2) is 0 Å². The Morgan fingerprint density at radius 1 is 1.44 bits per heavy atom. The van der Waals surface area contributed by atoms with Gasteiger partial charge in [-0.05, 0) is 32.6 Å². The molecule has 94 valence electrons. The first kappa shape index (κ1) is 13.5. The van der Waals surface area contributed by atoms with E-state index in [2.05, 4.69) is 19.2 Å². The monoisotopic (exact) mass is 227 g/mol. The van der Waals surface area contributed by atoms with Gasteiger partial charge >= 0.3 is 5.97 Å². The van der Waals surface area contributed by atoms with Gasteiger partial charge in [0.2, 0.25) is 0 Å². The lowest BCUT2D eigenvalue weighted by Gasteiger charge is -2.23. The second-order valence-corrected chi connectivity index (χ2v) is 4.99. The van der Waals surface area contributed by atoms with Crippen LogP contribution in [0.3, 0.4) is 0 Å². The minimum atomic E-state index is -0.437. The first-order valence-electron chi connectivity index (χ1n) is 6.57. The first-order valence-corrected chi connectivity index (χ1v) is 6.57. The molecule has 0 aromatic carbocycles. The number of carbonyl (C=O) groups is 1. The highest BCUT2D eigenvalue weighted by Gasteiger charge is 2.41. The summed E-state index contributed by atoms with van der Waals surface area (Å²) in [5.41, 5.74) is -0.437. The van der Waals surface area contributed by atoms with Gasteiger partial charge in [-0.2, -0.15) is 0 Å². The summed E-state index contributed by atoms with van der Waals surface area (Å²) in [6, 6.07) is 0.494. The molecule has 1 rings (SSSR count). The summed E-state index contributed by atoms with van der Waals surface area (Å²) in [5.74, 6) is -0.0699. The number of unbranched alkanes of at least 4 members (excludes halogenated alkanes) is 1. The van der Waals surface area contributed by atoms with Gasteiger partial charge in [-0.15, -0.1) is 0 Å². The largest absolute Gasteiger partial charge is 0.464 e. The highest BCUT2D eigenvalue weighted by atomic mass is 16.5. The molecule has 1 fully saturated rings. The molecule has 1 aliphatic heterocycles. The van der Waals surface area contributed by atoms with Crippen molar-refractivity contribution in [3.05, 3.63) is 0 Å². The fraction of sp³-hybridized carbons (Fsp3) is 0.923. The third kappa shape index (κ3) is 3.48. The zero-order valence-electron chi connectivity index (χ0n) is 10.8. The van der Waals surface area contributed by atoms with E-state index >= 15 is 0 Å². The molecule has 3 nitrogen and oxygen atoms in total. The quantitative estimate of drug-likeness (QED) is 0.560. The topological polar surface area (TPSA) is 38.3 Å². The SMILES string of the molecule is CCCCOC(=O)C1(C)CCC(CCC)N1. The molecule has 0 spiro atoms. The molecule has 1 aliphatic rings. The van der Waals surface area contributed by atoms with Crippen LogP contribution in [-0.2, 0) is 9.53 Å². The van der Waals surface area contributed by atoms with Crippen LogP contribution in [0.1, 0.15) is 59.3 Å². The molecule has 0 aliphatic carbocycles. The average molecular weight is 227 g/mol. The molecule has 1 saturated heterocycles. The van der Waals surface area contributed by atoms with Crippen molar-refractivity contribution in [2.24, 2.45) is 0 Å². The summed E-state index contributed by atoms with van der Waals surface area (Å²) in [6.45, 7) is 6.81. The molecule has 2 unspecified atom stereocenters. The normalized spacial score (nSPS) is 29.3. The van der Waals surface area contributed by atoms with Gasteiger partial charge in [0.05, 0.1) is 6.61 Å². The number of nitrogens with one attached hydrogen (secondary N) is 1. The Hall–Kier alpha value is -0.570. The predicted molar refractivity (Wildman–Crippen MR) is 65.3 cm³/mol. The van der Waals surface area contributed by atoms with E-state index in [1.165, 1.54) is 6.42 Å². The van der Waals surface area contributed by atoms with Crippen LogP contribution >= 0.6 is 0 Å². The molecule has 0 bridgehead atoms. The van der Waals surface area contributed by atoms with Crippen molar-refractivity contribution in [1.29, 1.82) is 0 Å². The van der Waals surface area contributed by atoms with Gasteiger partial charge in [0.1, 0.15) is 5.54 Å². The van der Waals surface area contributed by atoms with Gasteiger partial charge in [-0.1, -0.05) is 26.7 Å². The lowest BCUT2D eigenvalue weighted by Crippen LogP contribution is -2.48. The van der Waals surface area contributed by atoms with Crippen LogP contribution in [0, 0.1) is 0 Å². The van der Waals surface area contributed by atoms with E-state index < -0.39 is 5.54 Å². The Labute approximate surface area is 98.9 Å². The van der Waals surface area contributed by atoms with Gasteiger partial charge in [-0.25, -0.2) is 0 Å². The molecular weight excluding hydrogens is 202 g/mol. The van der Waals surface area contributed by atoms with Gasteiger partial charge in [0, 0.05) is 6.04 Å². The van der Waals surface area contributed by atoms with Crippen molar-refractivity contribution in [3.8, 4) is 0 Å². The van der Waals surface area contributed by atoms with Crippen LogP contribution in [0.2, 0.25) is 0 Å². The Kier molecular flexibility index (Phi) is 5.26. The van der Waals surface area contributed by atoms with Gasteiger partial charge in [0.15, 0.2) is 0 Å². The Bertz CT molecular complexity index is 230. The summed E-state index contributed by atoms with van der Waals surface area (Å²) < 4.78 is 5.29. The molecule has 0 aromatic heterocycles. The van der Waals surface area contributed by atoms with Crippen LogP contribution in [0.25, 0.3) is 0 Å². The smallest absolute Gasteiger partial charge is 0.326 e. The summed E-state index contributed by atoms with van der Waals surface area (Å²) in [4.78, 5) is 11.9. The zero-order chi connectivity index (χ0) is 12.0. The van der Waals surface area contributed by atoms with E-state index in [-0.39, 0.29) is 5.97 Å². The van der Waals surface area contributed by atoms with Gasteiger partial charge in [0.25, 0.3) is 0 Å². The third-order valence-electron chi connectivity index (χ3n) is 3.33. The fourth-order valence-electron chi connectivity index (χ4n) is 2.25. The zero-order valence-corrected chi connectivity index (χ0v) is 10.8. The molecule has 0 radical (unpaired) electrons. The van der Waals surface area contributed by atoms with Crippen molar-refractivity contribution >= 4 is 5.97 Å². The second-order valence-electron chi connectivity index (χ2n) is 4.99. The van der Waals surface area contributed by atoms with E-state index in [1.54, 1.807) is 0 Å². The van der Waals surface area contributed by atoms with E-state index in [0.717, 1.165) is 32.1 Å². The Morgan fingerprint density at radius 2 is 2.19 bits per heavy atom. The van der Waals surface area contributed by atoms with E-state index in [4.69, 9.17) is 4.74 Å².